The van der Waals surface area contributed by atoms with Gasteiger partial charge >= 0.3 is 0 Å². The Hall–Kier alpha value is -5.26. The summed E-state index contributed by atoms with van der Waals surface area (Å²) in [5, 5.41) is 2.28. The van der Waals surface area contributed by atoms with Gasteiger partial charge in [0.2, 0.25) is 0 Å². The van der Waals surface area contributed by atoms with Crippen molar-refractivity contribution in [3.63, 3.8) is 0 Å². The van der Waals surface area contributed by atoms with Gasteiger partial charge in [-0.25, -0.2) is 0 Å². The Balaban J connectivity index is 1.39. The number of hydrogen-bond donors (Lipinski definition) is 0. The summed E-state index contributed by atoms with van der Waals surface area (Å²) in [6.07, 6.45) is 0. The summed E-state index contributed by atoms with van der Waals surface area (Å²) in [6, 6.07) is 46.8. The number of benzene rings is 6. The van der Waals surface area contributed by atoms with E-state index in [2.05, 4.69) is 179 Å². The van der Waals surface area contributed by atoms with Crippen LogP contribution in [0.2, 0.25) is 0 Å². The van der Waals surface area contributed by atoms with Gasteiger partial charge in [-0.1, -0.05) is 104 Å². The van der Waals surface area contributed by atoms with Crippen LogP contribution < -0.4 is 30.9 Å². The molecule has 3 nitrogen and oxygen atoms in total. The first kappa shape index (κ1) is 30.8. The van der Waals surface area contributed by atoms with Gasteiger partial charge in [-0.2, -0.15) is 0 Å². The number of ether oxygens (including phenoxy) is 1. The number of aryl methyl sites for hydroxylation is 3. The second-order valence-corrected chi connectivity index (χ2v) is 15.9. The maximum Gasteiger partial charge on any atom is 0.258 e. The normalized spacial score (nSPS) is 13.1. The number of para-hydroxylation sites is 2. The minimum Gasteiger partial charge on any atom is -0.448 e. The van der Waals surface area contributed by atoms with Gasteiger partial charge in [-0.15, -0.1) is 0 Å². The highest BCUT2D eigenvalue weighted by molar-refractivity contribution is 7.24. The second kappa shape index (κ2) is 11.4. The van der Waals surface area contributed by atoms with E-state index in [1.165, 1.54) is 54.4 Å². The van der Waals surface area contributed by atoms with Gasteiger partial charge in [-0.05, 0) is 119 Å². The molecule has 2 aliphatic rings. The number of fused-ring (bicyclic) bond motifs is 6. The maximum atomic E-state index is 7.12. The lowest BCUT2D eigenvalue weighted by Crippen LogP contribution is -2.59. The molecule has 0 atom stereocenters. The molecule has 7 aromatic rings. The first-order valence-electron chi connectivity index (χ1n) is 17.5. The molecule has 3 heterocycles. The summed E-state index contributed by atoms with van der Waals surface area (Å²) >= 11 is 1.76. The van der Waals surface area contributed by atoms with Crippen LogP contribution in [0.25, 0.3) is 10.1 Å². The van der Waals surface area contributed by atoms with Crippen LogP contribution in [0.3, 0.4) is 0 Å². The van der Waals surface area contributed by atoms with Crippen molar-refractivity contribution in [2.24, 2.45) is 0 Å². The van der Waals surface area contributed by atoms with Crippen molar-refractivity contribution in [2.45, 2.75) is 47.0 Å². The Morgan fingerprint density at radius 3 is 2.04 bits per heavy atom. The molecule has 0 amide bonds. The molecule has 5 heteroatoms. The quantitative estimate of drug-likeness (QED) is 0.174. The van der Waals surface area contributed by atoms with Crippen molar-refractivity contribution in [1.29, 1.82) is 0 Å². The molecule has 0 saturated heterocycles. The highest BCUT2D eigenvalue weighted by Crippen LogP contribution is 2.48. The number of hydrogen-bond acceptors (Lipinski definition) is 4. The number of nitrogens with zero attached hydrogens (tertiary/aromatic N) is 2. The molecular formula is C45H39BN2OS. The lowest BCUT2D eigenvalue weighted by Gasteiger charge is -2.41. The van der Waals surface area contributed by atoms with Crippen LogP contribution in [0.5, 0.6) is 10.8 Å². The molecule has 0 radical (unpaired) electrons. The van der Waals surface area contributed by atoms with E-state index in [1.807, 2.05) is 0 Å². The predicted octanol–water partition coefficient (Wildman–Crippen LogP) is 11.0. The van der Waals surface area contributed by atoms with E-state index < -0.39 is 0 Å². The van der Waals surface area contributed by atoms with Gasteiger partial charge in [0.05, 0.1) is 5.69 Å². The molecule has 0 aliphatic carbocycles. The Bertz CT molecular complexity index is 2410. The lowest BCUT2D eigenvalue weighted by molar-refractivity contribution is 0.502. The molecule has 1 aromatic heterocycles. The Kier molecular flexibility index (Phi) is 7.02. The van der Waals surface area contributed by atoms with Gasteiger partial charge in [0, 0.05) is 39.2 Å². The standard InChI is InChI=1S/C45H39BN2OS/c1-28-17-22-41-36(23-28)42-44(50-41)49-40-27-35(47(32-13-9-7-10-14-32)33-15-11-8-12-16-33)26-39-43(40)46(42)37-25-31(45(4,5)6)19-21-38(37)48(39)34-20-18-29(2)30(3)24-34/h7-27H,1-6H3. The molecular weight excluding hydrogens is 627 g/mol. The molecule has 9 rings (SSSR count). The smallest absolute Gasteiger partial charge is 0.258 e. The van der Waals surface area contributed by atoms with E-state index in [0.717, 1.165) is 39.2 Å². The molecule has 0 saturated carbocycles. The second-order valence-electron chi connectivity index (χ2n) is 14.8. The van der Waals surface area contributed by atoms with Crippen LogP contribution in [0.15, 0.2) is 127 Å². The minimum absolute atomic E-state index is 0.000436. The van der Waals surface area contributed by atoms with E-state index in [0.29, 0.717) is 0 Å². The third kappa shape index (κ3) is 4.86. The molecule has 244 valence electrons. The van der Waals surface area contributed by atoms with Crippen molar-refractivity contribution in [1.82, 2.24) is 0 Å². The van der Waals surface area contributed by atoms with Crippen molar-refractivity contribution in [2.75, 3.05) is 9.80 Å². The molecule has 0 spiro atoms. The van der Waals surface area contributed by atoms with Crippen LogP contribution >= 0.6 is 11.3 Å². The van der Waals surface area contributed by atoms with Crippen molar-refractivity contribution in [3.8, 4) is 10.8 Å². The van der Waals surface area contributed by atoms with E-state index in [-0.39, 0.29) is 12.1 Å². The third-order valence-corrected chi connectivity index (χ3v) is 11.5. The molecule has 0 bridgehead atoms. The van der Waals surface area contributed by atoms with E-state index >= 15 is 0 Å². The van der Waals surface area contributed by atoms with Gasteiger partial charge in [0.1, 0.15) is 5.75 Å². The van der Waals surface area contributed by atoms with Gasteiger partial charge in [0.25, 0.3) is 6.71 Å². The maximum absolute atomic E-state index is 7.12. The highest BCUT2D eigenvalue weighted by Gasteiger charge is 2.44. The fourth-order valence-corrected chi connectivity index (χ4v) is 8.81. The van der Waals surface area contributed by atoms with Gasteiger partial charge in [-0.3, -0.25) is 0 Å². The third-order valence-electron chi connectivity index (χ3n) is 10.5. The van der Waals surface area contributed by atoms with E-state index in [9.17, 15) is 0 Å². The summed E-state index contributed by atoms with van der Waals surface area (Å²) in [4.78, 5) is 4.82. The van der Waals surface area contributed by atoms with Crippen LogP contribution in [0.1, 0.15) is 43.0 Å². The highest BCUT2D eigenvalue weighted by atomic mass is 32.1. The number of anilines is 6. The molecule has 0 N–H and O–H groups in total. The first-order valence-corrected chi connectivity index (χ1v) is 18.3. The number of thiophene rings is 1. The van der Waals surface area contributed by atoms with Crippen LogP contribution in [0, 0.1) is 20.8 Å². The largest absolute Gasteiger partial charge is 0.448 e. The summed E-state index contributed by atoms with van der Waals surface area (Å²) in [6.45, 7) is 13.5. The van der Waals surface area contributed by atoms with E-state index in [4.69, 9.17) is 4.74 Å². The van der Waals surface area contributed by atoms with Crippen molar-refractivity contribution in [3.05, 3.63) is 150 Å². The fraction of sp³-hybridized carbons (Fsp3) is 0.156. The van der Waals surface area contributed by atoms with Gasteiger partial charge < -0.3 is 14.5 Å². The Morgan fingerprint density at radius 1 is 0.640 bits per heavy atom. The number of rotatable bonds is 4. The minimum atomic E-state index is 0.000436. The van der Waals surface area contributed by atoms with Crippen LogP contribution in [0.4, 0.5) is 34.1 Å². The molecule has 0 fully saturated rings. The van der Waals surface area contributed by atoms with Crippen molar-refractivity contribution >= 4 is 78.6 Å². The summed E-state index contributed by atoms with van der Waals surface area (Å²) in [7, 11) is 0. The zero-order valence-electron chi connectivity index (χ0n) is 29.4. The summed E-state index contributed by atoms with van der Waals surface area (Å²) in [5.74, 6) is 0.913. The fourth-order valence-electron chi connectivity index (χ4n) is 7.73. The van der Waals surface area contributed by atoms with E-state index in [1.54, 1.807) is 11.3 Å². The average Bonchev–Trinajstić information content (AvgIpc) is 3.47. The topological polar surface area (TPSA) is 15.7 Å². The average molecular weight is 667 g/mol. The summed E-state index contributed by atoms with van der Waals surface area (Å²) in [5.41, 5.74) is 15.8. The summed E-state index contributed by atoms with van der Waals surface area (Å²) < 4.78 is 8.38. The van der Waals surface area contributed by atoms with Crippen LogP contribution in [-0.4, -0.2) is 6.71 Å². The SMILES string of the molecule is Cc1ccc2sc3c(c2c1)B1c2cc(C(C)(C)C)ccc2N(c2ccc(C)c(C)c2)c2cc(N(c4ccccc4)c4ccccc4)cc(c21)O3. The molecule has 0 unspecified atom stereocenters. The monoisotopic (exact) mass is 666 g/mol. The van der Waals surface area contributed by atoms with Crippen molar-refractivity contribution < 1.29 is 4.74 Å². The zero-order chi connectivity index (χ0) is 34.3. The van der Waals surface area contributed by atoms with Crippen LogP contribution in [-0.2, 0) is 5.41 Å². The molecule has 6 aromatic carbocycles. The predicted molar refractivity (Wildman–Crippen MR) is 215 cm³/mol. The Morgan fingerprint density at radius 2 is 1.36 bits per heavy atom. The lowest BCUT2D eigenvalue weighted by atomic mass is 9.34. The zero-order valence-corrected chi connectivity index (χ0v) is 30.2. The first-order chi connectivity index (χ1) is 24.2. The molecule has 50 heavy (non-hydrogen) atoms. The Labute approximate surface area is 299 Å². The molecule has 2 aliphatic heterocycles. The van der Waals surface area contributed by atoms with Gasteiger partial charge in [0.15, 0.2) is 5.06 Å².